The van der Waals surface area contributed by atoms with Gasteiger partial charge in [-0.1, -0.05) is 18.2 Å². The summed E-state index contributed by atoms with van der Waals surface area (Å²) in [7, 11) is 0. The van der Waals surface area contributed by atoms with Gasteiger partial charge >= 0.3 is 6.09 Å². The fourth-order valence-corrected chi connectivity index (χ4v) is 2.44. The molecule has 3 N–H and O–H groups in total. The van der Waals surface area contributed by atoms with E-state index in [9.17, 15) is 4.79 Å². The molecule has 1 aliphatic rings. The third-order valence-corrected chi connectivity index (χ3v) is 3.51. The van der Waals surface area contributed by atoms with E-state index >= 15 is 0 Å². The Morgan fingerprint density at radius 1 is 1.44 bits per heavy atom. The molecule has 1 aliphatic carbocycles. The summed E-state index contributed by atoms with van der Waals surface area (Å²) < 4.78 is 5.22. The number of para-hydroxylation sites is 1. The van der Waals surface area contributed by atoms with Crippen LogP contribution in [0, 0.1) is 5.92 Å². The number of carbonyl (C=O) groups is 1. The first-order valence-corrected chi connectivity index (χ1v) is 6.25. The number of benzene rings is 1. The van der Waals surface area contributed by atoms with Crippen LogP contribution in [0.25, 0.3) is 10.9 Å². The zero-order chi connectivity index (χ0) is 12.5. The molecule has 0 spiro atoms. The van der Waals surface area contributed by atoms with Crippen LogP contribution in [0.3, 0.4) is 0 Å². The molecule has 0 unspecified atom stereocenters. The fourth-order valence-electron chi connectivity index (χ4n) is 2.44. The highest BCUT2D eigenvalue weighted by molar-refractivity contribution is 5.83. The molecule has 0 saturated heterocycles. The number of fused-ring (bicyclic) bond motifs is 1. The van der Waals surface area contributed by atoms with Crippen LogP contribution in [-0.4, -0.2) is 17.2 Å². The molecule has 1 fully saturated rings. The molecule has 1 aromatic heterocycles. The number of nitrogens with one attached hydrogen (secondary N) is 1. The molecule has 94 valence electrons. The van der Waals surface area contributed by atoms with Crippen molar-refractivity contribution in [3.8, 4) is 0 Å². The summed E-state index contributed by atoms with van der Waals surface area (Å²) in [6.45, 7) is 0. The second-order valence-electron chi connectivity index (χ2n) is 4.88. The van der Waals surface area contributed by atoms with Crippen molar-refractivity contribution in [2.75, 3.05) is 0 Å². The highest BCUT2D eigenvalue weighted by atomic mass is 16.6. The maximum atomic E-state index is 10.9. The Morgan fingerprint density at radius 2 is 2.22 bits per heavy atom. The van der Waals surface area contributed by atoms with Gasteiger partial charge < -0.3 is 15.5 Å². The van der Waals surface area contributed by atoms with Crippen molar-refractivity contribution in [2.24, 2.45) is 11.7 Å². The molecule has 4 heteroatoms. The Labute approximate surface area is 105 Å². The summed E-state index contributed by atoms with van der Waals surface area (Å²) in [6, 6.07) is 8.14. The molecule has 0 aliphatic heterocycles. The maximum Gasteiger partial charge on any atom is 0.404 e. The standard InChI is InChI=1S/C14H16N2O2/c15-14(17)18-13(9-5-6-9)7-10-8-16-12-4-2-1-3-11(10)12/h1-4,8-9,13,16H,5-7H2,(H2,15,17)/t13-/m0/s1. The third-order valence-electron chi connectivity index (χ3n) is 3.51. The second-order valence-corrected chi connectivity index (χ2v) is 4.88. The van der Waals surface area contributed by atoms with Crippen molar-refractivity contribution in [3.63, 3.8) is 0 Å². The first kappa shape index (κ1) is 11.1. The first-order chi connectivity index (χ1) is 8.74. The van der Waals surface area contributed by atoms with Crippen LogP contribution in [0.15, 0.2) is 30.5 Å². The average Bonchev–Trinajstić information content (AvgIpc) is 3.12. The van der Waals surface area contributed by atoms with E-state index in [1.54, 1.807) is 0 Å². The molecule has 18 heavy (non-hydrogen) atoms. The number of hydrogen-bond donors (Lipinski definition) is 2. The zero-order valence-corrected chi connectivity index (χ0v) is 10.1. The normalized spacial score (nSPS) is 16.7. The highest BCUT2D eigenvalue weighted by Gasteiger charge is 2.34. The molecule has 0 bridgehead atoms. The van der Waals surface area contributed by atoms with Crippen molar-refractivity contribution in [1.29, 1.82) is 0 Å². The molecule has 1 aromatic carbocycles. The van der Waals surface area contributed by atoms with E-state index in [4.69, 9.17) is 10.5 Å². The molecular weight excluding hydrogens is 228 g/mol. The Morgan fingerprint density at radius 3 is 2.94 bits per heavy atom. The highest BCUT2D eigenvalue weighted by Crippen LogP contribution is 2.36. The molecule has 1 saturated carbocycles. The van der Waals surface area contributed by atoms with Gasteiger partial charge in [0.25, 0.3) is 0 Å². The van der Waals surface area contributed by atoms with Gasteiger partial charge in [-0.05, 0) is 30.4 Å². The molecule has 1 atom stereocenters. The van der Waals surface area contributed by atoms with E-state index in [1.165, 1.54) is 10.9 Å². The van der Waals surface area contributed by atoms with Crippen molar-refractivity contribution in [3.05, 3.63) is 36.0 Å². The van der Waals surface area contributed by atoms with Crippen LogP contribution in [-0.2, 0) is 11.2 Å². The summed E-state index contributed by atoms with van der Waals surface area (Å²) in [4.78, 5) is 14.2. The van der Waals surface area contributed by atoms with E-state index in [0.717, 1.165) is 24.8 Å². The average molecular weight is 244 g/mol. The van der Waals surface area contributed by atoms with Crippen molar-refractivity contribution >= 4 is 17.0 Å². The molecular formula is C14H16N2O2. The number of carbonyl (C=O) groups excluding carboxylic acids is 1. The minimum atomic E-state index is -0.674. The molecule has 1 heterocycles. The number of primary amides is 1. The van der Waals surface area contributed by atoms with Crippen LogP contribution in [0.4, 0.5) is 4.79 Å². The lowest BCUT2D eigenvalue weighted by atomic mass is 10.0. The summed E-state index contributed by atoms with van der Waals surface area (Å²) in [5.41, 5.74) is 7.43. The number of aromatic nitrogens is 1. The SMILES string of the molecule is NC(=O)O[C@@H](Cc1c[nH]c2ccccc12)C1CC1. The summed E-state index contributed by atoms with van der Waals surface area (Å²) in [6.07, 6.45) is 4.22. The quantitative estimate of drug-likeness (QED) is 0.868. The second kappa shape index (κ2) is 4.37. The Balaban J connectivity index is 1.83. The van der Waals surface area contributed by atoms with Gasteiger partial charge in [0.05, 0.1) is 0 Å². The van der Waals surface area contributed by atoms with Gasteiger partial charge in [0.1, 0.15) is 6.10 Å². The summed E-state index contributed by atoms with van der Waals surface area (Å²) in [5, 5.41) is 1.19. The predicted octanol–water partition coefficient (Wildman–Crippen LogP) is 2.58. The van der Waals surface area contributed by atoms with Gasteiger partial charge in [-0.3, -0.25) is 0 Å². The molecule has 4 nitrogen and oxygen atoms in total. The summed E-state index contributed by atoms with van der Waals surface area (Å²) >= 11 is 0. The molecule has 1 amide bonds. The van der Waals surface area contributed by atoms with Gasteiger partial charge in [-0.15, -0.1) is 0 Å². The van der Waals surface area contributed by atoms with E-state index < -0.39 is 6.09 Å². The largest absolute Gasteiger partial charge is 0.446 e. The number of H-pyrrole nitrogens is 1. The minimum Gasteiger partial charge on any atom is -0.446 e. The number of nitrogens with two attached hydrogens (primary N) is 1. The lowest BCUT2D eigenvalue weighted by molar-refractivity contribution is 0.0937. The minimum absolute atomic E-state index is 0.0818. The van der Waals surface area contributed by atoms with E-state index in [1.807, 2.05) is 24.4 Å². The van der Waals surface area contributed by atoms with E-state index in [0.29, 0.717) is 5.92 Å². The van der Waals surface area contributed by atoms with Crippen molar-refractivity contribution in [1.82, 2.24) is 4.98 Å². The third kappa shape index (κ3) is 2.18. The Hall–Kier alpha value is -1.97. The number of hydrogen-bond acceptors (Lipinski definition) is 2. The van der Waals surface area contributed by atoms with Gasteiger partial charge in [-0.2, -0.15) is 0 Å². The van der Waals surface area contributed by atoms with E-state index in [2.05, 4.69) is 11.1 Å². The number of ether oxygens (including phenoxy) is 1. The van der Waals surface area contributed by atoms with Gasteiger partial charge in [0.2, 0.25) is 0 Å². The molecule has 0 radical (unpaired) electrons. The van der Waals surface area contributed by atoms with Crippen LogP contribution >= 0.6 is 0 Å². The maximum absolute atomic E-state index is 10.9. The number of aromatic amines is 1. The van der Waals surface area contributed by atoms with Crippen LogP contribution < -0.4 is 5.73 Å². The fraction of sp³-hybridized carbons (Fsp3) is 0.357. The van der Waals surface area contributed by atoms with Gasteiger partial charge in [0, 0.05) is 23.5 Å². The molecule has 3 rings (SSSR count). The van der Waals surface area contributed by atoms with Crippen LogP contribution in [0.5, 0.6) is 0 Å². The lowest BCUT2D eigenvalue weighted by Gasteiger charge is -2.15. The predicted molar refractivity (Wildman–Crippen MR) is 69.2 cm³/mol. The van der Waals surface area contributed by atoms with Crippen molar-refractivity contribution in [2.45, 2.75) is 25.4 Å². The van der Waals surface area contributed by atoms with E-state index in [-0.39, 0.29) is 6.10 Å². The monoisotopic (exact) mass is 244 g/mol. The van der Waals surface area contributed by atoms with Gasteiger partial charge in [-0.25, -0.2) is 4.79 Å². The lowest BCUT2D eigenvalue weighted by Crippen LogP contribution is -2.26. The number of amides is 1. The van der Waals surface area contributed by atoms with Crippen LogP contribution in [0.1, 0.15) is 18.4 Å². The van der Waals surface area contributed by atoms with Crippen LogP contribution in [0.2, 0.25) is 0 Å². The topological polar surface area (TPSA) is 68.1 Å². The molecule has 2 aromatic rings. The van der Waals surface area contributed by atoms with Gasteiger partial charge in [0.15, 0.2) is 0 Å². The Bertz CT molecular complexity index is 572. The van der Waals surface area contributed by atoms with Crippen molar-refractivity contribution < 1.29 is 9.53 Å². The first-order valence-electron chi connectivity index (χ1n) is 6.25. The smallest absolute Gasteiger partial charge is 0.404 e. The Kier molecular flexibility index (Phi) is 2.70. The number of rotatable bonds is 4. The zero-order valence-electron chi connectivity index (χ0n) is 10.1. The summed E-state index contributed by atoms with van der Waals surface area (Å²) in [5.74, 6) is 0.478.